The van der Waals surface area contributed by atoms with Gasteiger partial charge in [0.15, 0.2) is 6.29 Å². The number of rotatable bonds is 32. The highest BCUT2D eigenvalue weighted by molar-refractivity contribution is 5.62. The Morgan fingerprint density at radius 2 is 0.756 bits per heavy atom. The standard InChI is InChI=1S/C39H70O2/c1-4-6-8-10-12-14-16-18-20-22-24-26-28-30-32-34-36-39(38-40,41-3)37-35-33-31-29-27-25-23-21-19-17-15-13-11-9-7-5-2/h12-15,18-21,38H,4-11,16-17,22-37H2,1-3H3/b14-12-,15-13-,20-18-,21-19-. The van der Waals surface area contributed by atoms with Crippen LogP contribution in [0.2, 0.25) is 0 Å². The quantitative estimate of drug-likeness (QED) is 0.0457. The van der Waals surface area contributed by atoms with Crippen LogP contribution in [-0.4, -0.2) is 19.0 Å². The molecule has 0 aromatic carbocycles. The van der Waals surface area contributed by atoms with Crippen LogP contribution in [0.1, 0.15) is 181 Å². The number of carbonyl (C=O) groups excluding carboxylic acids is 1. The molecule has 0 spiro atoms. The fourth-order valence-corrected chi connectivity index (χ4v) is 5.32. The van der Waals surface area contributed by atoms with E-state index in [-0.39, 0.29) is 0 Å². The molecule has 0 N–H and O–H groups in total. The van der Waals surface area contributed by atoms with Crippen LogP contribution in [0.5, 0.6) is 0 Å². The summed E-state index contributed by atoms with van der Waals surface area (Å²) in [7, 11) is 1.72. The molecule has 41 heavy (non-hydrogen) atoms. The molecule has 0 bridgehead atoms. The molecule has 0 aliphatic carbocycles. The van der Waals surface area contributed by atoms with Crippen LogP contribution < -0.4 is 0 Å². The molecule has 0 aliphatic heterocycles. The van der Waals surface area contributed by atoms with Crippen LogP contribution in [0.3, 0.4) is 0 Å². The first kappa shape index (κ1) is 39.6. The molecular formula is C39H70O2. The zero-order chi connectivity index (χ0) is 30.0. The summed E-state index contributed by atoms with van der Waals surface area (Å²) in [5.74, 6) is 0. The van der Waals surface area contributed by atoms with E-state index in [9.17, 15) is 4.79 Å². The van der Waals surface area contributed by atoms with Gasteiger partial charge in [-0.05, 0) is 77.0 Å². The molecule has 0 aromatic heterocycles. The third-order valence-corrected chi connectivity index (χ3v) is 8.22. The molecule has 238 valence electrons. The van der Waals surface area contributed by atoms with Crippen LogP contribution in [0.4, 0.5) is 0 Å². The van der Waals surface area contributed by atoms with Gasteiger partial charge in [0.2, 0.25) is 0 Å². The van der Waals surface area contributed by atoms with E-state index >= 15 is 0 Å². The fraction of sp³-hybridized carbons (Fsp3) is 0.769. The minimum atomic E-state index is -0.551. The second-order valence-electron chi connectivity index (χ2n) is 12.1. The first-order chi connectivity index (χ1) is 20.2. The molecule has 0 amide bonds. The minimum Gasteiger partial charge on any atom is -0.371 e. The van der Waals surface area contributed by atoms with Gasteiger partial charge in [0.1, 0.15) is 5.60 Å². The third-order valence-electron chi connectivity index (χ3n) is 8.22. The fourth-order valence-electron chi connectivity index (χ4n) is 5.32. The lowest BCUT2D eigenvalue weighted by Gasteiger charge is -2.26. The van der Waals surface area contributed by atoms with E-state index < -0.39 is 5.60 Å². The summed E-state index contributed by atoms with van der Waals surface area (Å²) in [6, 6.07) is 0. The average Bonchev–Trinajstić information content (AvgIpc) is 2.99. The number of unbranched alkanes of at least 4 members (excludes halogenated alkanes) is 18. The first-order valence-electron chi connectivity index (χ1n) is 17.9. The zero-order valence-electron chi connectivity index (χ0n) is 27.9. The van der Waals surface area contributed by atoms with Gasteiger partial charge in [-0.25, -0.2) is 0 Å². The molecule has 0 atom stereocenters. The van der Waals surface area contributed by atoms with Crippen molar-refractivity contribution in [2.45, 2.75) is 186 Å². The highest BCUT2D eigenvalue weighted by Crippen LogP contribution is 2.25. The molecule has 0 saturated heterocycles. The van der Waals surface area contributed by atoms with Crippen molar-refractivity contribution >= 4 is 6.29 Å². The second-order valence-corrected chi connectivity index (χ2v) is 12.1. The van der Waals surface area contributed by atoms with E-state index in [0.717, 1.165) is 44.8 Å². The third kappa shape index (κ3) is 28.5. The molecule has 0 unspecified atom stereocenters. The molecule has 0 saturated carbocycles. The van der Waals surface area contributed by atoms with Gasteiger partial charge in [-0.2, -0.15) is 0 Å². The maximum Gasteiger partial charge on any atom is 0.151 e. The maximum atomic E-state index is 11.9. The SMILES string of the molecule is CCCCC/C=C\C/C=C\CCCCCCCCC(C=O)(CCCCCCCC/C=C\C/C=C\CCCCC)OC. The molecule has 0 aromatic rings. The topological polar surface area (TPSA) is 26.3 Å². The van der Waals surface area contributed by atoms with Gasteiger partial charge in [0, 0.05) is 7.11 Å². The lowest BCUT2D eigenvalue weighted by Crippen LogP contribution is -2.33. The summed E-state index contributed by atoms with van der Waals surface area (Å²) in [6.45, 7) is 4.51. The van der Waals surface area contributed by atoms with Crippen molar-refractivity contribution in [1.29, 1.82) is 0 Å². The van der Waals surface area contributed by atoms with Crippen LogP contribution in [0, 0.1) is 0 Å². The monoisotopic (exact) mass is 571 g/mol. The van der Waals surface area contributed by atoms with Crippen LogP contribution in [0.25, 0.3) is 0 Å². The number of hydrogen-bond donors (Lipinski definition) is 0. The molecular weight excluding hydrogens is 500 g/mol. The zero-order valence-corrected chi connectivity index (χ0v) is 27.9. The van der Waals surface area contributed by atoms with Crippen molar-refractivity contribution in [3.63, 3.8) is 0 Å². The van der Waals surface area contributed by atoms with Crippen molar-refractivity contribution in [3.05, 3.63) is 48.6 Å². The Kier molecular flexibility index (Phi) is 32.0. The normalized spacial score (nSPS) is 12.7. The summed E-state index contributed by atoms with van der Waals surface area (Å²) in [5, 5.41) is 0. The van der Waals surface area contributed by atoms with Gasteiger partial charge in [-0.1, -0.05) is 152 Å². The van der Waals surface area contributed by atoms with E-state index in [0.29, 0.717) is 0 Å². The summed E-state index contributed by atoms with van der Waals surface area (Å²) in [4.78, 5) is 11.9. The van der Waals surface area contributed by atoms with Gasteiger partial charge in [0.25, 0.3) is 0 Å². The minimum absolute atomic E-state index is 0.551. The maximum absolute atomic E-state index is 11.9. The summed E-state index contributed by atoms with van der Waals surface area (Å²) in [6.07, 6.45) is 51.4. The molecule has 0 fully saturated rings. The Bertz CT molecular complexity index is 594. The number of methoxy groups -OCH3 is 1. The average molecular weight is 571 g/mol. The number of ether oxygens (including phenoxy) is 1. The number of allylic oxidation sites excluding steroid dienone is 8. The lowest BCUT2D eigenvalue weighted by molar-refractivity contribution is -0.129. The van der Waals surface area contributed by atoms with E-state index in [1.54, 1.807) is 7.11 Å². The van der Waals surface area contributed by atoms with Gasteiger partial charge in [0.05, 0.1) is 0 Å². The van der Waals surface area contributed by atoms with Crippen molar-refractivity contribution in [3.8, 4) is 0 Å². The van der Waals surface area contributed by atoms with Gasteiger partial charge < -0.3 is 9.53 Å². The molecule has 2 nitrogen and oxygen atoms in total. The molecule has 0 heterocycles. The van der Waals surface area contributed by atoms with Gasteiger partial charge in [-0.3, -0.25) is 0 Å². The molecule has 0 radical (unpaired) electrons. The van der Waals surface area contributed by atoms with E-state index in [2.05, 4.69) is 62.5 Å². The van der Waals surface area contributed by atoms with E-state index in [4.69, 9.17) is 4.74 Å². The van der Waals surface area contributed by atoms with Crippen LogP contribution in [0.15, 0.2) is 48.6 Å². The largest absolute Gasteiger partial charge is 0.371 e. The number of aldehydes is 1. The number of carbonyl (C=O) groups is 1. The summed E-state index contributed by atoms with van der Waals surface area (Å²) >= 11 is 0. The molecule has 0 aliphatic rings. The van der Waals surface area contributed by atoms with Gasteiger partial charge in [-0.15, -0.1) is 0 Å². The first-order valence-corrected chi connectivity index (χ1v) is 17.9. The Hall–Kier alpha value is -1.41. The lowest BCUT2D eigenvalue weighted by atomic mass is 9.90. The highest BCUT2D eigenvalue weighted by atomic mass is 16.5. The Morgan fingerprint density at radius 3 is 1.07 bits per heavy atom. The Balaban J connectivity index is 3.68. The van der Waals surface area contributed by atoms with Crippen molar-refractivity contribution < 1.29 is 9.53 Å². The second kappa shape index (κ2) is 33.1. The van der Waals surface area contributed by atoms with Crippen molar-refractivity contribution in [2.24, 2.45) is 0 Å². The molecule has 0 rings (SSSR count). The van der Waals surface area contributed by atoms with Gasteiger partial charge >= 0.3 is 0 Å². The predicted molar refractivity (Wildman–Crippen MR) is 184 cm³/mol. The van der Waals surface area contributed by atoms with Crippen LogP contribution in [-0.2, 0) is 9.53 Å². The summed E-state index contributed by atoms with van der Waals surface area (Å²) < 4.78 is 5.74. The Labute approximate surface area is 257 Å². The Morgan fingerprint density at radius 1 is 0.439 bits per heavy atom. The highest BCUT2D eigenvalue weighted by Gasteiger charge is 2.28. The van der Waals surface area contributed by atoms with Crippen LogP contribution >= 0.6 is 0 Å². The van der Waals surface area contributed by atoms with Crippen molar-refractivity contribution in [1.82, 2.24) is 0 Å². The smallest absolute Gasteiger partial charge is 0.151 e. The van der Waals surface area contributed by atoms with E-state index in [1.165, 1.54) is 128 Å². The van der Waals surface area contributed by atoms with Crippen molar-refractivity contribution in [2.75, 3.05) is 7.11 Å². The molecule has 2 heteroatoms. The van der Waals surface area contributed by atoms with E-state index in [1.807, 2.05) is 0 Å². The number of hydrogen-bond acceptors (Lipinski definition) is 2. The summed E-state index contributed by atoms with van der Waals surface area (Å²) in [5.41, 5.74) is -0.551. The predicted octanol–water partition coefficient (Wildman–Crippen LogP) is 13.0.